The third kappa shape index (κ3) is 2.46. The summed E-state index contributed by atoms with van der Waals surface area (Å²) in [6.07, 6.45) is 1.34. The van der Waals surface area contributed by atoms with Gasteiger partial charge in [-0.15, -0.1) is 0 Å². The molecule has 0 aromatic rings. The minimum Gasteiger partial charge on any atom is -0.316 e. The zero-order valence-electron chi connectivity index (χ0n) is 7.98. The van der Waals surface area contributed by atoms with E-state index in [-0.39, 0.29) is 0 Å². The highest BCUT2D eigenvalue weighted by Crippen LogP contribution is 2.27. The smallest absolute Gasteiger partial charge is 0.00449 e. The summed E-state index contributed by atoms with van der Waals surface area (Å²) < 4.78 is 0. The van der Waals surface area contributed by atoms with Crippen LogP contribution in [0.1, 0.15) is 20.3 Å². The van der Waals surface area contributed by atoms with Crippen LogP contribution in [0.5, 0.6) is 0 Å². The summed E-state index contributed by atoms with van der Waals surface area (Å²) in [4.78, 5) is 2.41. The lowest BCUT2D eigenvalue weighted by molar-refractivity contribution is 0.298. The molecule has 0 radical (unpaired) electrons. The van der Waals surface area contributed by atoms with Gasteiger partial charge in [0.05, 0.1) is 0 Å². The topological polar surface area (TPSA) is 15.3 Å². The molecule has 0 bridgehead atoms. The molecule has 0 aromatic carbocycles. The summed E-state index contributed by atoms with van der Waals surface area (Å²) in [5, 5.41) is 3.42. The van der Waals surface area contributed by atoms with Crippen molar-refractivity contribution >= 4 is 0 Å². The molecule has 2 heteroatoms. The predicted octanol–water partition coefficient (Wildman–Crippen LogP) is 0.938. The lowest BCUT2D eigenvalue weighted by Crippen LogP contribution is -2.33. The average molecular weight is 156 g/mol. The first-order chi connectivity index (χ1) is 5.16. The standard InChI is InChI=1S/C9H20N2/c1-4-10-7-9(2)5-6-11(3)8-9/h10H,4-8H2,1-3H3. The first-order valence-corrected chi connectivity index (χ1v) is 4.55. The van der Waals surface area contributed by atoms with E-state index in [4.69, 9.17) is 0 Å². The van der Waals surface area contributed by atoms with Crippen LogP contribution in [0.3, 0.4) is 0 Å². The molecule has 66 valence electrons. The van der Waals surface area contributed by atoms with Gasteiger partial charge in [-0.05, 0) is 32.0 Å². The molecule has 0 saturated carbocycles. The molecule has 1 rings (SSSR count). The summed E-state index contributed by atoms with van der Waals surface area (Å²) in [7, 11) is 2.21. The Bertz CT molecular complexity index is 125. The molecule has 0 aromatic heterocycles. The first kappa shape index (κ1) is 9.01. The highest BCUT2D eigenvalue weighted by Gasteiger charge is 2.30. The second-order valence-corrected chi connectivity index (χ2v) is 4.08. The Morgan fingerprint density at radius 1 is 1.55 bits per heavy atom. The molecule has 0 aliphatic carbocycles. The van der Waals surface area contributed by atoms with Crippen LogP contribution < -0.4 is 5.32 Å². The number of likely N-dealkylation sites (tertiary alicyclic amines) is 1. The van der Waals surface area contributed by atoms with Crippen LogP contribution in [0, 0.1) is 5.41 Å². The van der Waals surface area contributed by atoms with Crippen molar-refractivity contribution in [2.24, 2.45) is 5.41 Å². The van der Waals surface area contributed by atoms with Crippen molar-refractivity contribution in [1.82, 2.24) is 10.2 Å². The van der Waals surface area contributed by atoms with E-state index in [1.54, 1.807) is 0 Å². The predicted molar refractivity (Wildman–Crippen MR) is 48.8 cm³/mol. The molecule has 1 N–H and O–H groups in total. The number of hydrogen-bond acceptors (Lipinski definition) is 2. The van der Waals surface area contributed by atoms with Crippen LogP contribution in [0.4, 0.5) is 0 Å². The van der Waals surface area contributed by atoms with Crippen molar-refractivity contribution < 1.29 is 0 Å². The Balaban J connectivity index is 2.29. The highest BCUT2D eigenvalue weighted by atomic mass is 15.1. The first-order valence-electron chi connectivity index (χ1n) is 4.55. The second kappa shape index (κ2) is 3.55. The maximum absolute atomic E-state index is 3.42. The number of nitrogens with one attached hydrogen (secondary N) is 1. The monoisotopic (exact) mass is 156 g/mol. The zero-order valence-corrected chi connectivity index (χ0v) is 7.98. The average Bonchev–Trinajstić information content (AvgIpc) is 2.28. The van der Waals surface area contributed by atoms with E-state index in [1.807, 2.05) is 0 Å². The van der Waals surface area contributed by atoms with Gasteiger partial charge < -0.3 is 10.2 Å². The van der Waals surface area contributed by atoms with Gasteiger partial charge in [-0.1, -0.05) is 13.8 Å². The van der Waals surface area contributed by atoms with Crippen LogP contribution in [0.15, 0.2) is 0 Å². The molecule has 1 unspecified atom stereocenters. The van der Waals surface area contributed by atoms with E-state index in [0.717, 1.165) is 6.54 Å². The lowest BCUT2D eigenvalue weighted by atomic mass is 9.90. The van der Waals surface area contributed by atoms with E-state index in [9.17, 15) is 0 Å². The van der Waals surface area contributed by atoms with Gasteiger partial charge in [-0.3, -0.25) is 0 Å². The Morgan fingerprint density at radius 3 is 2.73 bits per heavy atom. The van der Waals surface area contributed by atoms with Crippen LogP contribution >= 0.6 is 0 Å². The fourth-order valence-electron chi connectivity index (χ4n) is 1.84. The second-order valence-electron chi connectivity index (χ2n) is 4.08. The van der Waals surface area contributed by atoms with Gasteiger partial charge in [-0.25, -0.2) is 0 Å². The van der Waals surface area contributed by atoms with Crippen molar-refractivity contribution in [3.8, 4) is 0 Å². The van der Waals surface area contributed by atoms with Gasteiger partial charge in [0.2, 0.25) is 0 Å². The SMILES string of the molecule is CCNCC1(C)CCN(C)C1. The number of rotatable bonds is 3. The van der Waals surface area contributed by atoms with E-state index >= 15 is 0 Å². The molecule has 1 aliphatic rings. The van der Waals surface area contributed by atoms with Gasteiger partial charge in [0.25, 0.3) is 0 Å². The minimum absolute atomic E-state index is 0.532. The Labute approximate surface area is 70.0 Å². The van der Waals surface area contributed by atoms with Gasteiger partial charge in [0, 0.05) is 13.1 Å². The molecular weight excluding hydrogens is 136 g/mol. The molecule has 11 heavy (non-hydrogen) atoms. The van der Waals surface area contributed by atoms with E-state index in [2.05, 4.69) is 31.1 Å². The third-order valence-corrected chi connectivity index (χ3v) is 2.55. The fourth-order valence-corrected chi connectivity index (χ4v) is 1.84. The summed E-state index contributed by atoms with van der Waals surface area (Å²) in [5.74, 6) is 0. The van der Waals surface area contributed by atoms with Crippen LogP contribution in [-0.4, -0.2) is 38.1 Å². The molecule has 1 aliphatic heterocycles. The summed E-state index contributed by atoms with van der Waals surface area (Å²) in [5.41, 5.74) is 0.532. The Morgan fingerprint density at radius 2 is 2.27 bits per heavy atom. The highest BCUT2D eigenvalue weighted by molar-refractivity contribution is 4.86. The van der Waals surface area contributed by atoms with E-state index in [0.29, 0.717) is 5.41 Å². The van der Waals surface area contributed by atoms with Crippen molar-refractivity contribution in [3.63, 3.8) is 0 Å². The van der Waals surface area contributed by atoms with Gasteiger partial charge in [0.1, 0.15) is 0 Å². The van der Waals surface area contributed by atoms with Gasteiger partial charge in [0.15, 0.2) is 0 Å². The normalized spacial score (nSPS) is 33.0. The molecule has 2 nitrogen and oxygen atoms in total. The van der Waals surface area contributed by atoms with Crippen molar-refractivity contribution in [1.29, 1.82) is 0 Å². The molecule has 1 atom stereocenters. The van der Waals surface area contributed by atoms with Crippen molar-refractivity contribution in [3.05, 3.63) is 0 Å². The summed E-state index contributed by atoms with van der Waals surface area (Å²) in [6, 6.07) is 0. The molecule has 1 fully saturated rings. The quantitative estimate of drug-likeness (QED) is 0.654. The third-order valence-electron chi connectivity index (χ3n) is 2.55. The van der Waals surface area contributed by atoms with Gasteiger partial charge >= 0.3 is 0 Å². The van der Waals surface area contributed by atoms with Crippen molar-refractivity contribution in [2.45, 2.75) is 20.3 Å². The molecular formula is C9H20N2. The largest absolute Gasteiger partial charge is 0.316 e. The van der Waals surface area contributed by atoms with Crippen molar-refractivity contribution in [2.75, 3.05) is 33.2 Å². The molecule has 0 spiro atoms. The molecule has 1 saturated heterocycles. The van der Waals surface area contributed by atoms with Crippen LogP contribution in [-0.2, 0) is 0 Å². The number of nitrogens with zero attached hydrogens (tertiary/aromatic N) is 1. The Hall–Kier alpha value is -0.0800. The maximum Gasteiger partial charge on any atom is 0.00449 e. The van der Waals surface area contributed by atoms with Crippen LogP contribution in [0.2, 0.25) is 0 Å². The van der Waals surface area contributed by atoms with Gasteiger partial charge in [-0.2, -0.15) is 0 Å². The van der Waals surface area contributed by atoms with E-state index in [1.165, 1.54) is 26.1 Å². The fraction of sp³-hybridized carbons (Fsp3) is 1.00. The minimum atomic E-state index is 0.532. The molecule has 1 heterocycles. The Kier molecular flexibility index (Phi) is 2.90. The number of hydrogen-bond donors (Lipinski definition) is 1. The summed E-state index contributed by atoms with van der Waals surface area (Å²) >= 11 is 0. The molecule has 0 amide bonds. The van der Waals surface area contributed by atoms with Crippen LogP contribution in [0.25, 0.3) is 0 Å². The lowest BCUT2D eigenvalue weighted by Gasteiger charge is -2.23. The van der Waals surface area contributed by atoms with E-state index < -0.39 is 0 Å². The maximum atomic E-state index is 3.42. The zero-order chi connectivity index (χ0) is 8.32. The summed E-state index contributed by atoms with van der Waals surface area (Å²) in [6.45, 7) is 9.33.